The van der Waals surface area contributed by atoms with E-state index in [1.807, 2.05) is 0 Å². The average molecular weight is 357 g/mol. The Balaban J connectivity index is 2.72. The first kappa shape index (κ1) is 20.6. The zero-order valence-corrected chi connectivity index (χ0v) is 14.2. The predicted octanol–water partition coefficient (Wildman–Crippen LogP) is -0.795. The molecule has 5 N–H and O–H groups in total. The maximum atomic E-state index is 14.3. The largest absolute Gasteiger partial charge is 0.389 e. The lowest BCUT2D eigenvalue weighted by molar-refractivity contribution is -0.119. The summed E-state index contributed by atoms with van der Waals surface area (Å²) in [6, 6.07) is 4.07. The molecule has 2 amide bonds. The van der Waals surface area contributed by atoms with Crippen molar-refractivity contribution in [3.8, 4) is 0 Å². The minimum atomic E-state index is -1.01. The Hall–Kier alpha value is -2.43. The highest BCUT2D eigenvalue weighted by atomic mass is 19.1. The summed E-state index contributed by atoms with van der Waals surface area (Å²) in [7, 11) is 1.62. The molecule has 0 spiro atoms. The van der Waals surface area contributed by atoms with Crippen LogP contribution in [-0.4, -0.2) is 62.0 Å². The summed E-state index contributed by atoms with van der Waals surface area (Å²) in [4.78, 5) is 21.1. The summed E-state index contributed by atoms with van der Waals surface area (Å²) in [5.41, 5.74) is 3.21. The molecule has 1 rings (SSSR count). The van der Waals surface area contributed by atoms with Crippen molar-refractivity contribution in [2.45, 2.75) is 13.0 Å². The Bertz CT molecular complexity index is 575. The van der Waals surface area contributed by atoms with Gasteiger partial charge >= 0.3 is 0 Å². The van der Waals surface area contributed by atoms with Crippen molar-refractivity contribution in [1.29, 1.82) is 0 Å². The van der Waals surface area contributed by atoms with E-state index in [4.69, 9.17) is 0 Å². The topological polar surface area (TPSA) is 117 Å². The highest BCUT2D eigenvalue weighted by Gasteiger charge is 2.15. The fourth-order valence-electron chi connectivity index (χ4n) is 2.09. The number of benzene rings is 1. The molecule has 1 aromatic carbocycles. The molecule has 0 aliphatic heterocycles. The number of halogens is 1. The number of nitrogens with zero attached hydrogens (tertiary/aromatic N) is 2. The average Bonchev–Trinajstić information content (AvgIpc) is 2.57. The lowest BCUT2D eigenvalue weighted by Crippen LogP contribution is -2.40. The first-order chi connectivity index (χ1) is 11.9. The van der Waals surface area contributed by atoms with E-state index < -0.39 is 11.9 Å². The quantitative estimate of drug-likeness (QED) is 0.200. The second kappa shape index (κ2) is 10.4. The van der Waals surface area contributed by atoms with E-state index in [0.29, 0.717) is 24.6 Å². The second-order valence-corrected chi connectivity index (χ2v) is 5.26. The molecule has 0 saturated carbocycles. The van der Waals surface area contributed by atoms with Crippen molar-refractivity contribution in [2.24, 2.45) is 0 Å². The number of amides is 2. The number of aliphatic hydroxyl groups excluding tert-OH is 1. The van der Waals surface area contributed by atoms with Crippen molar-refractivity contribution in [2.75, 3.05) is 43.3 Å². The molecular formula is C15H24FN5O4. The van der Waals surface area contributed by atoms with Crippen LogP contribution in [0.4, 0.5) is 15.8 Å². The van der Waals surface area contributed by atoms with Gasteiger partial charge in [0.25, 0.3) is 0 Å². The first-order valence-electron chi connectivity index (χ1n) is 7.69. The first-order valence-corrected chi connectivity index (χ1v) is 7.69. The molecule has 0 saturated heterocycles. The van der Waals surface area contributed by atoms with Crippen LogP contribution in [0.2, 0.25) is 0 Å². The number of hydroxylamine groups is 1. The Kier molecular flexibility index (Phi) is 8.61. The minimum Gasteiger partial charge on any atom is -0.389 e. The number of aliphatic hydroxyl groups is 1. The second-order valence-electron chi connectivity index (χ2n) is 5.26. The van der Waals surface area contributed by atoms with Gasteiger partial charge in [-0.05, 0) is 12.1 Å². The van der Waals surface area contributed by atoms with E-state index >= 15 is 0 Å². The Morgan fingerprint density at radius 1 is 1.44 bits per heavy atom. The summed E-state index contributed by atoms with van der Waals surface area (Å²) in [5.74, 6) is -0.886. The van der Waals surface area contributed by atoms with Crippen LogP contribution in [0.15, 0.2) is 18.2 Å². The van der Waals surface area contributed by atoms with Crippen molar-refractivity contribution < 1.29 is 24.3 Å². The monoisotopic (exact) mass is 357 g/mol. The Labute approximate surface area is 145 Å². The van der Waals surface area contributed by atoms with Gasteiger partial charge in [-0.1, -0.05) is 0 Å². The molecular weight excluding hydrogens is 333 g/mol. The van der Waals surface area contributed by atoms with Crippen LogP contribution in [0.25, 0.3) is 0 Å². The minimum absolute atomic E-state index is 0.0236. The van der Waals surface area contributed by atoms with Gasteiger partial charge in [-0.3, -0.25) is 19.9 Å². The fraction of sp³-hybridized carbons (Fsp3) is 0.467. The molecule has 1 aromatic rings. The molecule has 0 aliphatic carbocycles. The molecule has 10 heteroatoms. The molecule has 0 radical (unpaired) electrons. The van der Waals surface area contributed by atoms with Gasteiger partial charge in [0.15, 0.2) is 0 Å². The summed E-state index contributed by atoms with van der Waals surface area (Å²) in [6.07, 6.45) is -0.455. The lowest BCUT2D eigenvalue weighted by atomic mass is 10.2. The molecule has 0 heterocycles. The number of rotatable bonds is 11. The number of hydrogen-bond donors (Lipinski definition) is 5. The predicted molar refractivity (Wildman–Crippen MR) is 90.7 cm³/mol. The van der Waals surface area contributed by atoms with Crippen LogP contribution in [0.5, 0.6) is 0 Å². The molecule has 1 atom stereocenters. The standard InChI is InChI=1S/C15H24FN5O4/c1-11(23)19-8-13(24)9-21(25)12-3-4-15(14(16)7-12)20(17-2)6-5-18-10-22/h3-4,7,10,13,17,24-25H,5-6,8-9H2,1-2H3,(H,18,22)(H,19,23)/t13-/m0/s1. The fourth-order valence-corrected chi connectivity index (χ4v) is 2.09. The molecule has 0 unspecified atom stereocenters. The Morgan fingerprint density at radius 3 is 2.72 bits per heavy atom. The van der Waals surface area contributed by atoms with Crippen molar-refractivity contribution in [1.82, 2.24) is 16.1 Å². The van der Waals surface area contributed by atoms with Crippen molar-refractivity contribution in [3.05, 3.63) is 24.0 Å². The maximum absolute atomic E-state index is 14.3. The van der Waals surface area contributed by atoms with E-state index in [1.54, 1.807) is 7.05 Å². The van der Waals surface area contributed by atoms with Gasteiger partial charge in [-0.15, -0.1) is 0 Å². The van der Waals surface area contributed by atoms with Gasteiger partial charge in [0, 0.05) is 33.1 Å². The van der Waals surface area contributed by atoms with E-state index in [-0.39, 0.29) is 30.4 Å². The van der Waals surface area contributed by atoms with E-state index in [0.717, 1.165) is 6.07 Å². The van der Waals surface area contributed by atoms with Gasteiger partial charge in [-0.25, -0.2) is 9.82 Å². The van der Waals surface area contributed by atoms with Crippen molar-refractivity contribution in [3.63, 3.8) is 0 Å². The summed E-state index contributed by atoms with van der Waals surface area (Å²) in [5, 5.41) is 26.8. The highest BCUT2D eigenvalue weighted by molar-refractivity contribution is 5.72. The molecule has 25 heavy (non-hydrogen) atoms. The van der Waals surface area contributed by atoms with Gasteiger partial charge in [0.1, 0.15) is 5.82 Å². The maximum Gasteiger partial charge on any atom is 0.216 e. The highest BCUT2D eigenvalue weighted by Crippen LogP contribution is 2.23. The van der Waals surface area contributed by atoms with Gasteiger partial charge in [-0.2, -0.15) is 0 Å². The number of anilines is 2. The molecule has 0 fully saturated rings. The third-order valence-electron chi connectivity index (χ3n) is 3.32. The van der Waals surface area contributed by atoms with Crippen LogP contribution in [0, 0.1) is 5.82 Å². The van der Waals surface area contributed by atoms with Crippen molar-refractivity contribution >= 4 is 23.7 Å². The number of hydrogen-bond acceptors (Lipinski definition) is 7. The van der Waals surface area contributed by atoms with Gasteiger partial charge < -0.3 is 20.7 Å². The van der Waals surface area contributed by atoms with Crippen LogP contribution < -0.4 is 26.1 Å². The number of carbonyl (C=O) groups is 2. The van der Waals surface area contributed by atoms with E-state index in [1.165, 1.54) is 24.1 Å². The molecule has 0 aliphatic rings. The van der Waals surface area contributed by atoms with Crippen LogP contribution in [0.1, 0.15) is 6.92 Å². The van der Waals surface area contributed by atoms with E-state index in [2.05, 4.69) is 16.1 Å². The third kappa shape index (κ3) is 6.91. The lowest BCUT2D eigenvalue weighted by Gasteiger charge is -2.25. The molecule has 0 aromatic heterocycles. The number of hydrazine groups is 1. The summed E-state index contributed by atoms with van der Waals surface area (Å²) in [6.45, 7) is 1.76. The van der Waals surface area contributed by atoms with Gasteiger partial charge in [0.05, 0.1) is 30.6 Å². The van der Waals surface area contributed by atoms with Crippen LogP contribution >= 0.6 is 0 Å². The summed E-state index contributed by atoms with van der Waals surface area (Å²) < 4.78 is 14.3. The zero-order chi connectivity index (χ0) is 18.8. The Morgan fingerprint density at radius 2 is 2.16 bits per heavy atom. The molecule has 140 valence electrons. The normalized spacial score (nSPS) is 11.6. The third-order valence-corrected chi connectivity index (χ3v) is 3.32. The summed E-state index contributed by atoms with van der Waals surface area (Å²) >= 11 is 0. The van der Waals surface area contributed by atoms with Crippen LogP contribution in [0.3, 0.4) is 0 Å². The SMILES string of the molecule is CNN(CCNC=O)c1ccc(N(O)C[C@@H](O)CNC(C)=O)cc1F. The van der Waals surface area contributed by atoms with Crippen LogP contribution in [-0.2, 0) is 9.59 Å². The van der Waals surface area contributed by atoms with Gasteiger partial charge in [0.2, 0.25) is 12.3 Å². The number of nitrogens with one attached hydrogen (secondary N) is 3. The molecule has 0 bridgehead atoms. The molecule has 9 nitrogen and oxygen atoms in total. The van der Waals surface area contributed by atoms with E-state index in [9.17, 15) is 24.3 Å². The number of carbonyl (C=O) groups excluding carboxylic acids is 2. The zero-order valence-electron chi connectivity index (χ0n) is 14.2. The smallest absolute Gasteiger partial charge is 0.216 e.